The Morgan fingerprint density at radius 1 is 1.15 bits per heavy atom. The van der Waals surface area contributed by atoms with E-state index in [1.165, 1.54) is 6.33 Å². The zero-order chi connectivity index (χ0) is 18.1. The molecule has 0 amide bonds. The Morgan fingerprint density at radius 3 is 2.81 bits per heavy atom. The maximum Gasteiger partial charge on any atom is 0.258 e. The first kappa shape index (κ1) is 16.1. The molecule has 132 valence electrons. The lowest BCUT2D eigenvalue weighted by Gasteiger charge is -1.97. The maximum atomic E-state index is 11.9. The van der Waals surface area contributed by atoms with Crippen molar-refractivity contribution in [1.82, 2.24) is 30.3 Å². The van der Waals surface area contributed by atoms with Gasteiger partial charge in [-0.15, -0.1) is 10.2 Å². The predicted octanol–water partition coefficient (Wildman–Crippen LogP) is 2.26. The van der Waals surface area contributed by atoms with E-state index in [2.05, 4.69) is 30.3 Å². The zero-order valence-corrected chi connectivity index (χ0v) is 14.3. The number of hydrogen-bond acceptors (Lipinski definition) is 8. The highest BCUT2D eigenvalue weighted by Crippen LogP contribution is 2.20. The molecule has 4 rings (SSSR count). The Labute approximate surface area is 147 Å². The highest BCUT2D eigenvalue weighted by molar-refractivity contribution is 5.82. The smallest absolute Gasteiger partial charge is 0.258 e. The van der Waals surface area contributed by atoms with Gasteiger partial charge in [-0.2, -0.15) is 4.98 Å². The predicted molar refractivity (Wildman–Crippen MR) is 91.5 cm³/mol. The molecule has 0 aliphatic rings. The second-order valence-electron chi connectivity index (χ2n) is 6.16. The van der Waals surface area contributed by atoms with Gasteiger partial charge in [0.2, 0.25) is 23.5 Å². The second-order valence-corrected chi connectivity index (χ2v) is 6.16. The van der Waals surface area contributed by atoms with Crippen molar-refractivity contribution in [2.75, 3.05) is 0 Å². The molecule has 0 saturated heterocycles. The summed E-state index contributed by atoms with van der Waals surface area (Å²) in [6.45, 7) is 3.98. The monoisotopic (exact) mass is 352 g/mol. The van der Waals surface area contributed by atoms with Crippen LogP contribution in [-0.4, -0.2) is 30.3 Å². The van der Waals surface area contributed by atoms with Gasteiger partial charge in [0, 0.05) is 24.3 Å². The number of rotatable bonds is 5. The number of hydrogen-bond donors (Lipinski definition) is 1. The third-order valence-electron chi connectivity index (χ3n) is 3.90. The van der Waals surface area contributed by atoms with Gasteiger partial charge in [0.15, 0.2) is 0 Å². The standard InChI is InChI=1S/C17H16N6O3/c1-9(2)17-22-21-14(25-17)6-5-13-20-15(23-26-13)10-3-4-12-11(7-10)16(24)19-8-18-12/h3-4,7-9H,5-6H2,1-2H3,(H,18,19,24). The van der Waals surface area contributed by atoms with Crippen LogP contribution in [0.1, 0.15) is 37.4 Å². The van der Waals surface area contributed by atoms with Crippen LogP contribution >= 0.6 is 0 Å². The van der Waals surface area contributed by atoms with Crippen molar-refractivity contribution in [3.8, 4) is 11.4 Å². The van der Waals surface area contributed by atoms with E-state index in [0.717, 1.165) is 0 Å². The molecule has 4 aromatic rings. The number of aryl methyl sites for hydroxylation is 2. The third kappa shape index (κ3) is 3.10. The molecule has 26 heavy (non-hydrogen) atoms. The molecule has 0 bridgehead atoms. The molecule has 0 spiro atoms. The first-order valence-corrected chi connectivity index (χ1v) is 8.23. The van der Waals surface area contributed by atoms with Gasteiger partial charge in [0.1, 0.15) is 0 Å². The van der Waals surface area contributed by atoms with Crippen LogP contribution in [0.4, 0.5) is 0 Å². The highest BCUT2D eigenvalue weighted by atomic mass is 16.5. The Hall–Kier alpha value is -3.36. The van der Waals surface area contributed by atoms with Gasteiger partial charge in [0.25, 0.3) is 5.56 Å². The van der Waals surface area contributed by atoms with E-state index in [-0.39, 0.29) is 11.5 Å². The van der Waals surface area contributed by atoms with Crippen LogP contribution in [0.2, 0.25) is 0 Å². The number of aromatic amines is 1. The lowest BCUT2D eigenvalue weighted by Crippen LogP contribution is -2.06. The van der Waals surface area contributed by atoms with Crippen molar-refractivity contribution < 1.29 is 8.94 Å². The van der Waals surface area contributed by atoms with E-state index in [1.54, 1.807) is 18.2 Å². The Balaban J connectivity index is 1.52. The molecule has 1 aromatic carbocycles. The van der Waals surface area contributed by atoms with Crippen LogP contribution < -0.4 is 5.56 Å². The summed E-state index contributed by atoms with van der Waals surface area (Å²) in [5.74, 6) is 2.22. The first-order valence-electron chi connectivity index (χ1n) is 8.23. The fourth-order valence-electron chi connectivity index (χ4n) is 2.50. The van der Waals surface area contributed by atoms with Crippen LogP contribution in [0, 0.1) is 0 Å². The quantitative estimate of drug-likeness (QED) is 0.580. The maximum absolute atomic E-state index is 11.9. The molecule has 3 aromatic heterocycles. The van der Waals surface area contributed by atoms with Crippen LogP contribution in [0.15, 0.2) is 38.3 Å². The molecule has 1 N–H and O–H groups in total. The van der Waals surface area contributed by atoms with Gasteiger partial charge in [-0.1, -0.05) is 19.0 Å². The van der Waals surface area contributed by atoms with Gasteiger partial charge in [0.05, 0.1) is 17.2 Å². The fraction of sp³-hybridized carbons (Fsp3) is 0.294. The minimum Gasteiger partial charge on any atom is -0.425 e. The molecule has 0 aliphatic carbocycles. The number of nitrogens with one attached hydrogen (secondary N) is 1. The van der Waals surface area contributed by atoms with Crippen molar-refractivity contribution in [2.24, 2.45) is 0 Å². The summed E-state index contributed by atoms with van der Waals surface area (Å²) in [7, 11) is 0. The summed E-state index contributed by atoms with van der Waals surface area (Å²) in [5, 5.41) is 12.5. The number of benzene rings is 1. The molecule has 9 nitrogen and oxygen atoms in total. The third-order valence-corrected chi connectivity index (χ3v) is 3.90. The van der Waals surface area contributed by atoms with Crippen molar-refractivity contribution in [2.45, 2.75) is 32.6 Å². The van der Waals surface area contributed by atoms with E-state index in [4.69, 9.17) is 8.94 Å². The van der Waals surface area contributed by atoms with Crippen LogP contribution in [-0.2, 0) is 12.8 Å². The summed E-state index contributed by atoms with van der Waals surface area (Å²) in [6.07, 6.45) is 2.38. The molecule has 3 heterocycles. The van der Waals surface area contributed by atoms with Gasteiger partial charge in [-0.3, -0.25) is 4.79 Å². The Kier molecular flexibility index (Phi) is 4.04. The average Bonchev–Trinajstić information content (AvgIpc) is 3.30. The van der Waals surface area contributed by atoms with Crippen molar-refractivity contribution >= 4 is 10.9 Å². The number of fused-ring (bicyclic) bond motifs is 1. The van der Waals surface area contributed by atoms with Gasteiger partial charge in [-0.05, 0) is 18.2 Å². The minimum atomic E-state index is -0.210. The lowest BCUT2D eigenvalue weighted by molar-refractivity contribution is 0.369. The summed E-state index contributed by atoms with van der Waals surface area (Å²) in [4.78, 5) is 22.9. The summed E-state index contributed by atoms with van der Waals surface area (Å²) in [5.41, 5.74) is 1.09. The van der Waals surface area contributed by atoms with Crippen molar-refractivity contribution in [3.05, 3.63) is 52.6 Å². The summed E-state index contributed by atoms with van der Waals surface area (Å²) in [6, 6.07) is 5.25. The van der Waals surface area contributed by atoms with E-state index in [0.29, 0.717) is 52.8 Å². The van der Waals surface area contributed by atoms with Crippen molar-refractivity contribution in [1.29, 1.82) is 0 Å². The Morgan fingerprint density at radius 2 is 2.00 bits per heavy atom. The molecule has 9 heteroatoms. The van der Waals surface area contributed by atoms with Gasteiger partial charge >= 0.3 is 0 Å². The van der Waals surface area contributed by atoms with Crippen LogP contribution in [0.3, 0.4) is 0 Å². The topological polar surface area (TPSA) is 124 Å². The van der Waals surface area contributed by atoms with Crippen LogP contribution in [0.25, 0.3) is 22.3 Å². The summed E-state index contributed by atoms with van der Waals surface area (Å²) >= 11 is 0. The average molecular weight is 352 g/mol. The largest absolute Gasteiger partial charge is 0.425 e. The number of H-pyrrole nitrogens is 1. The lowest BCUT2D eigenvalue weighted by atomic mass is 10.1. The molecule has 0 fully saturated rings. The molecular weight excluding hydrogens is 336 g/mol. The molecular formula is C17H16N6O3. The SMILES string of the molecule is CC(C)c1nnc(CCc2nc(-c3ccc4nc[nH]c(=O)c4c3)no2)o1. The van der Waals surface area contributed by atoms with Gasteiger partial charge in [-0.25, -0.2) is 4.98 Å². The minimum absolute atomic E-state index is 0.191. The normalized spacial score (nSPS) is 11.5. The highest BCUT2D eigenvalue weighted by Gasteiger charge is 2.13. The molecule has 0 saturated carbocycles. The fourth-order valence-corrected chi connectivity index (χ4v) is 2.50. The zero-order valence-electron chi connectivity index (χ0n) is 14.3. The first-order chi connectivity index (χ1) is 12.6. The van der Waals surface area contributed by atoms with Gasteiger partial charge < -0.3 is 13.9 Å². The van der Waals surface area contributed by atoms with E-state index >= 15 is 0 Å². The number of aromatic nitrogens is 6. The van der Waals surface area contributed by atoms with E-state index < -0.39 is 0 Å². The summed E-state index contributed by atoms with van der Waals surface area (Å²) < 4.78 is 10.8. The molecule has 0 atom stereocenters. The molecule has 0 radical (unpaired) electrons. The van der Waals surface area contributed by atoms with Crippen molar-refractivity contribution in [3.63, 3.8) is 0 Å². The molecule has 0 unspecified atom stereocenters. The van der Waals surface area contributed by atoms with E-state index in [1.807, 2.05) is 13.8 Å². The number of nitrogens with zero attached hydrogens (tertiary/aromatic N) is 5. The van der Waals surface area contributed by atoms with Crippen LogP contribution in [0.5, 0.6) is 0 Å². The Bertz CT molecular complexity index is 1110. The van der Waals surface area contributed by atoms with E-state index in [9.17, 15) is 4.79 Å². The second kappa shape index (κ2) is 6.51. The molecule has 0 aliphatic heterocycles.